The Balaban J connectivity index is 1.67. The second-order valence-electron chi connectivity index (χ2n) is 7.31. The molecule has 2 saturated carbocycles. The lowest BCUT2D eigenvalue weighted by molar-refractivity contribution is -0.140. The van der Waals surface area contributed by atoms with Crippen molar-refractivity contribution in [3.8, 4) is 5.75 Å². The van der Waals surface area contributed by atoms with Crippen LogP contribution in [0.4, 0.5) is 0 Å². The Hall–Kier alpha value is -2.04. The van der Waals surface area contributed by atoms with Crippen LogP contribution in [0.25, 0.3) is 0 Å². The number of carbonyl (C=O) groups is 2. The summed E-state index contributed by atoms with van der Waals surface area (Å²) in [4.78, 5) is 23.6. The molecular weight excluding hydrogens is 294 g/mol. The standard InChI is InChI=1S/C18H23NO4/c1-17(2)13(14(17)16(21)22)15(20)19-10-18(8-9-18)11-6-4-5-7-12(11)23-3/h4-7,13-14H,8-10H2,1-3H3,(H,19,20)(H,21,22)/t13-,14+/m0/s1. The zero-order valence-corrected chi connectivity index (χ0v) is 13.8. The van der Waals surface area contributed by atoms with Crippen molar-refractivity contribution in [2.75, 3.05) is 13.7 Å². The first-order chi connectivity index (χ1) is 10.8. The summed E-state index contributed by atoms with van der Waals surface area (Å²) in [5, 5.41) is 12.2. The molecule has 2 atom stereocenters. The first-order valence-electron chi connectivity index (χ1n) is 7.97. The van der Waals surface area contributed by atoms with Crippen molar-refractivity contribution in [3.05, 3.63) is 29.8 Å². The molecule has 3 rings (SSSR count). The zero-order valence-electron chi connectivity index (χ0n) is 13.8. The lowest BCUT2D eigenvalue weighted by Gasteiger charge is -2.19. The van der Waals surface area contributed by atoms with E-state index in [1.165, 1.54) is 0 Å². The molecule has 2 aliphatic rings. The molecule has 23 heavy (non-hydrogen) atoms. The van der Waals surface area contributed by atoms with Gasteiger partial charge in [0.1, 0.15) is 5.75 Å². The molecule has 0 heterocycles. The fourth-order valence-corrected chi connectivity index (χ4v) is 3.73. The molecule has 1 aromatic carbocycles. The van der Waals surface area contributed by atoms with Crippen LogP contribution in [0.15, 0.2) is 24.3 Å². The molecule has 2 aliphatic carbocycles. The molecule has 0 bridgehead atoms. The van der Waals surface area contributed by atoms with E-state index < -0.39 is 23.2 Å². The average molecular weight is 317 g/mol. The van der Waals surface area contributed by atoms with Crippen LogP contribution < -0.4 is 10.1 Å². The summed E-state index contributed by atoms with van der Waals surface area (Å²) < 4.78 is 5.43. The second-order valence-corrected chi connectivity index (χ2v) is 7.31. The number of hydrogen-bond donors (Lipinski definition) is 2. The number of amides is 1. The maximum Gasteiger partial charge on any atom is 0.307 e. The van der Waals surface area contributed by atoms with Gasteiger partial charge in [-0.05, 0) is 24.3 Å². The van der Waals surface area contributed by atoms with Crippen molar-refractivity contribution in [2.24, 2.45) is 17.3 Å². The number of para-hydroxylation sites is 1. The van der Waals surface area contributed by atoms with Crippen LogP contribution in [0.3, 0.4) is 0 Å². The van der Waals surface area contributed by atoms with E-state index in [-0.39, 0.29) is 11.3 Å². The van der Waals surface area contributed by atoms with Crippen LogP contribution in [0.1, 0.15) is 32.3 Å². The van der Waals surface area contributed by atoms with Crippen LogP contribution >= 0.6 is 0 Å². The molecule has 0 radical (unpaired) electrons. The highest BCUT2D eigenvalue weighted by Crippen LogP contribution is 2.58. The number of benzene rings is 1. The summed E-state index contributed by atoms with van der Waals surface area (Å²) in [6.07, 6.45) is 2.01. The van der Waals surface area contributed by atoms with Gasteiger partial charge in [-0.2, -0.15) is 0 Å². The first kappa shape index (κ1) is 15.8. The van der Waals surface area contributed by atoms with Gasteiger partial charge in [-0.1, -0.05) is 32.0 Å². The normalized spacial score (nSPS) is 26.2. The van der Waals surface area contributed by atoms with Crippen LogP contribution in [0.2, 0.25) is 0 Å². The Labute approximate surface area is 136 Å². The molecule has 0 unspecified atom stereocenters. The molecule has 2 fully saturated rings. The third-order valence-corrected chi connectivity index (χ3v) is 5.51. The predicted molar refractivity (Wildman–Crippen MR) is 85.3 cm³/mol. The van der Waals surface area contributed by atoms with Crippen molar-refractivity contribution >= 4 is 11.9 Å². The summed E-state index contributed by atoms with van der Waals surface area (Å²) in [5.74, 6) is -1.21. The largest absolute Gasteiger partial charge is 0.496 e. The topological polar surface area (TPSA) is 75.6 Å². The lowest BCUT2D eigenvalue weighted by atomic mass is 9.94. The van der Waals surface area contributed by atoms with E-state index in [9.17, 15) is 14.7 Å². The maximum absolute atomic E-state index is 12.4. The van der Waals surface area contributed by atoms with Gasteiger partial charge in [0.2, 0.25) is 5.91 Å². The Morgan fingerprint density at radius 2 is 1.91 bits per heavy atom. The van der Waals surface area contributed by atoms with Gasteiger partial charge in [-0.3, -0.25) is 9.59 Å². The van der Waals surface area contributed by atoms with Crippen LogP contribution in [-0.2, 0) is 15.0 Å². The van der Waals surface area contributed by atoms with Gasteiger partial charge in [-0.15, -0.1) is 0 Å². The minimum absolute atomic E-state index is 0.0694. The highest BCUT2D eigenvalue weighted by molar-refractivity contribution is 5.91. The molecule has 0 aromatic heterocycles. The van der Waals surface area contributed by atoms with Gasteiger partial charge in [0, 0.05) is 17.5 Å². The number of hydrogen-bond acceptors (Lipinski definition) is 3. The van der Waals surface area contributed by atoms with Gasteiger partial charge < -0.3 is 15.2 Å². The van der Waals surface area contributed by atoms with Crippen molar-refractivity contribution < 1.29 is 19.4 Å². The number of carboxylic acid groups (broad SMARTS) is 1. The zero-order chi connectivity index (χ0) is 16.8. The Morgan fingerprint density at radius 1 is 1.26 bits per heavy atom. The lowest BCUT2D eigenvalue weighted by Crippen LogP contribution is -2.34. The second kappa shape index (κ2) is 5.25. The Kier molecular flexibility index (Phi) is 3.62. The smallest absolute Gasteiger partial charge is 0.307 e. The molecular formula is C18H23NO4. The summed E-state index contributed by atoms with van der Waals surface area (Å²) in [6.45, 7) is 4.21. The molecule has 0 spiro atoms. The summed E-state index contributed by atoms with van der Waals surface area (Å²) in [7, 11) is 1.65. The van der Waals surface area contributed by atoms with Crippen molar-refractivity contribution in [3.63, 3.8) is 0 Å². The van der Waals surface area contributed by atoms with E-state index >= 15 is 0 Å². The third-order valence-electron chi connectivity index (χ3n) is 5.51. The molecule has 0 aliphatic heterocycles. The molecule has 1 amide bonds. The Morgan fingerprint density at radius 3 is 2.43 bits per heavy atom. The van der Waals surface area contributed by atoms with E-state index in [4.69, 9.17) is 4.74 Å². The maximum atomic E-state index is 12.4. The number of aliphatic carboxylic acids is 1. The fourth-order valence-electron chi connectivity index (χ4n) is 3.73. The molecule has 2 N–H and O–H groups in total. The van der Waals surface area contributed by atoms with E-state index in [1.807, 2.05) is 38.1 Å². The van der Waals surface area contributed by atoms with E-state index in [0.717, 1.165) is 24.2 Å². The quantitative estimate of drug-likeness (QED) is 0.843. The van der Waals surface area contributed by atoms with Crippen molar-refractivity contribution in [1.29, 1.82) is 0 Å². The van der Waals surface area contributed by atoms with Crippen molar-refractivity contribution in [1.82, 2.24) is 5.32 Å². The first-order valence-corrected chi connectivity index (χ1v) is 7.97. The van der Waals surface area contributed by atoms with Gasteiger partial charge in [0.15, 0.2) is 0 Å². The number of carbonyl (C=O) groups excluding carboxylic acids is 1. The van der Waals surface area contributed by atoms with Crippen LogP contribution in [-0.4, -0.2) is 30.6 Å². The van der Waals surface area contributed by atoms with Crippen molar-refractivity contribution in [2.45, 2.75) is 32.1 Å². The monoisotopic (exact) mass is 317 g/mol. The predicted octanol–water partition coefficient (Wildman–Crippen LogP) is 2.20. The number of ether oxygens (including phenoxy) is 1. The van der Waals surface area contributed by atoms with E-state index in [2.05, 4.69) is 5.32 Å². The summed E-state index contributed by atoms with van der Waals surface area (Å²) >= 11 is 0. The average Bonchev–Trinajstić information content (AvgIpc) is 3.40. The molecule has 0 saturated heterocycles. The third kappa shape index (κ3) is 2.58. The number of rotatable bonds is 6. The summed E-state index contributed by atoms with van der Waals surface area (Å²) in [6, 6.07) is 7.88. The Bertz CT molecular complexity index is 648. The van der Waals surface area contributed by atoms with E-state index in [1.54, 1.807) is 7.11 Å². The SMILES string of the molecule is COc1ccccc1C1(CNC(=O)[C@@H]2[C@H](C(=O)O)C2(C)C)CC1. The molecule has 5 nitrogen and oxygen atoms in total. The molecule has 5 heteroatoms. The molecule has 1 aromatic rings. The molecule has 124 valence electrons. The van der Waals surface area contributed by atoms with Crippen LogP contribution in [0, 0.1) is 17.3 Å². The van der Waals surface area contributed by atoms with Gasteiger partial charge >= 0.3 is 5.97 Å². The fraction of sp³-hybridized carbons (Fsp3) is 0.556. The number of methoxy groups -OCH3 is 1. The highest BCUT2D eigenvalue weighted by Gasteiger charge is 2.66. The highest BCUT2D eigenvalue weighted by atomic mass is 16.5. The van der Waals surface area contributed by atoms with Gasteiger partial charge in [-0.25, -0.2) is 0 Å². The number of carboxylic acids is 1. The van der Waals surface area contributed by atoms with Crippen LogP contribution in [0.5, 0.6) is 5.75 Å². The van der Waals surface area contributed by atoms with Gasteiger partial charge in [0.05, 0.1) is 18.9 Å². The minimum Gasteiger partial charge on any atom is -0.496 e. The van der Waals surface area contributed by atoms with E-state index in [0.29, 0.717) is 6.54 Å². The summed E-state index contributed by atoms with van der Waals surface area (Å²) in [5.41, 5.74) is 0.588. The minimum atomic E-state index is -0.888. The number of nitrogens with one attached hydrogen (secondary N) is 1. The van der Waals surface area contributed by atoms with Gasteiger partial charge in [0.25, 0.3) is 0 Å².